The van der Waals surface area contributed by atoms with Crippen LogP contribution in [0.2, 0.25) is 15.1 Å². The van der Waals surface area contributed by atoms with Crippen LogP contribution in [0.4, 0.5) is 5.69 Å². The van der Waals surface area contributed by atoms with E-state index in [1.807, 2.05) is 12.1 Å². The fraction of sp³-hybridized carbons (Fsp3) is 0.176. The van der Waals surface area contributed by atoms with Crippen molar-refractivity contribution >= 4 is 52.3 Å². The van der Waals surface area contributed by atoms with Crippen molar-refractivity contribution in [3.63, 3.8) is 0 Å². The molecule has 126 valence electrons. The van der Waals surface area contributed by atoms with Crippen molar-refractivity contribution in [3.05, 3.63) is 63.1 Å². The second-order valence-corrected chi connectivity index (χ2v) is 6.45. The molecule has 0 aliphatic rings. The fourth-order valence-electron chi connectivity index (χ4n) is 2.05. The topological polar surface area (TPSA) is 49.4 Å². The standard InChI is InChI=1S/C17H15Cl3N2O2/c1-11(23)22(9-12-2-4-13(18)5-3-12)10-17(24)21-16-8-14(19)6-7-15(16)20/h2-8H,9-10H2,1H3,(H,21,24). The summed E-state index contributed by atoms with van der Waals surface area (Å²) in [7, 11) is 0. The first-order chi connectivity index (χ1) is 11.3. The van der Waals surface area contributed by atoms with Crippen LogP contribution in [-0.2, 0) is 16.1 Å². The first-order valence-corrected chi connectivity index (χ1v) is 8.23. The Labute approximate surface area is 155 Å². The van der Waals surface area contributed by atoms with E-state index in [-0.39, 0.29) is 18.4 Å². The number of carbonyl (C=O) groups is 2. The molecule has 0 saturated carbocycles. The molecule has 2 aromatic carbocycles. The molecule has 0 aliphatic carbocycles. The lowest BCUT2D eigenvalue weighted by molar-refractivity contribution is -0.133. The number of benzene rings is 2. The van der Waals surface area contributed by atoms with Crippen LogP contribution in [-0.4, -0.2) is 23.3 Å². The summed E-state index contributed by atoms with van der Waals surface area (Å²) in [6.45, 7) is 1.62. The number of hydrogen-bond acceptors (Lipinski definition) is 2. The first kappa shape index (κ1) is 18.6. The van der Waals surface area contributed by atoms with E-state index in [9.17, 15) is 9.59 Å². The van der Waals surface area contributed by atoms with Gasteiger partial charge in [-0.05, 0) is 35.9 Å². The van der Waals surface area contributed by atoms with Gasteiger partial charge in [0.2, 0.25) is 11.8 Å². The smallest absolute Gasteiger partial charge is 0.244 e. The lowest BCUT2D eigenvalue weighted by atomic mass is 10.2. The molecule has 0 atom stereocenters. The van der Waals surface area contributed by atoms with E-state index in [1.54, 1.807) is 30.3 Å². The molecule has 7 heteroatoms. The van der Waals surface area contributed by atoms with Gasteiger partial charge >= 0.3 is 0 Å². The van der Waals surface area contributed by atoms with Crippen molar-refractivity contribution in [2.45, 2.75) is 13.5 Å². The number of nitrogens with one attached hydrogen (secondary N) is 1. The van der Waals surface area contributed by atoms with Gasteiger partial charge in [-0.2, -0.15) is 0 Å². The second kappa shape index (κ2) is 8.38. The Balaban J connectivity index is 2.04. The summed E-state index contributed by atoms with van der Waals surface area (Å²) in [4.78, 5) is 25.4. The molecule has 2 amide bonds. The molecule has 0 spiro atoms. The summed E-state index contributed by atoms with van der Waals surface area (Å²) in [6.07, 6.45) is 0. The van der Waals surface area contributed by atoms with Crippen molar-refractivity contribution in [1.29, 1.82) is 0 Å². The highest BCUT2D eigenvalue weighted by atomic mass is 35.5. The number of halogens is 3. The van der Waals surface area contributed by atoms with E-state index in [2.05, 4.69) is 5.32 Å². The van der Waals surface area contributed by atoms with Gasteiger partial charge in [-0.1, -0.05) is 46.9 Å². The van der Waals surface area contributed by atoms with E-state index in [1.165, 1.54) is 11.8 Å². The highest BCUT2D eigenvalue weighted by molar-refractivity contribution is 6.35. The maximum Gasteiger partial charge on any atom is 0.244 e. The zero-order chi connectivity index (χ0) is 17.7. The van der Waals surface area contributed by atoms with Crippen LogP contribution in [0.15, 0.2) is 42.5 Å². The molecule has 0 unspecified atom stereocenters. The Morgan fingerprint density at radius 3 is 2.25 bits per heavy atom. The van der Waals surface area contributed by atoms with Crippen LogP contribution in [0, 0.1) is 0 Å². The largest absolute Gasteiger partial charge is 0.329 e. The highest BCUT2D eigenvalue weighted by Crippen LogP contribution is 2.25. The number of hydrogen-bond donors (Lipinski definition) is 1. The van der Waals surface area contributed by atoms with Crippen molar-refractivity contribution in [2.75, 3.05) is 11.9 Å². The average Bonchev–Trinajstić information content (AvgIpc) is 2.52. The summed E-state index contributed by atoms with van der Waals surface area (Å²) in [5.41, 5.74) is 1.28. The Bertz CT molecular complexity index is 748. The first-order valence-electron chi connectivity index (χ1n) is 7.10. The highest BCUT2D eigenvalue weighted by Gasteiger charge is 2.15. The number of anilines is 1. The van der Waals surface area contributed by atoms with Crippen LogP contribution in [0.5, 0.6) is 0 Å². The summed E-state index contributed by atoms with van der Waals surface area (Å²) in [6, 6.07) is 11.9. The summed E-state index contributed by atoms with van der Waals surface area (Å²) < 4.78 is 0. The van der Waals surface area contributed by atoms with Crippen molar-refractivity contribution in [1.82, 2.24) is 4.90 Å². The molecule has 1 N–H and O–H groups in total. The van der Waals surface area contributed by atoms with Crippen LogP contribution in [0.3, 0.4) is 0 Å². The van der Waals surface area contributed by atoms with Crippen molar-refractivity contribution in [3.8, 4) is 0 Å². The lowest BCUT2D eigenvalue weighted by Crippen LogP contribution is -2.36. The molecule has 0 heterocycles. The van der Waals surface area contributed by atoms with Crippen molar-refractivity contribution < 1.29 is 9.59 Å². The SMILES string of the molecule is CC(=O)N(CC(=O)Nc1cc(Cl)ccc1Cl)Cc1ccc(Cl)cc1. The normalized spacial score (nSPS) is 10.3. The summed E-state index contributed by atoms with van der Waals surface area (Å²) >= 11 is 17.8. The van der Waals surface area contributed by atoms with Gasteiger partial charge in [-0.25, -0.2) is 0 Å². The second-order valence-electron chi connectivity index (χ2n) is 5.17. The van der Waals surface area contributed by atoms with Gasteiger partial charge in [-0.3, -0.25) is 9.59 Å². The molecule has 0 saturated heterocycles. The van der Waals surface area contributed by atoms with Crippen LogP contribution in [0.1, 0.15) is 12.5 Å². The average molecular weight is 386 g/mol. The van der Waals surface area contributed by atoms with Crippen LogP contribution in [0.25, 0.3) is 0 Å². The monoisotopic (exact) mass is 384 g/mol. The lowest BCUT2D eigenvalue weighted by Gasteiger charge is -2.21. The van der Waals surface area contributed by atoms with E-state index < -0.39 is 0 Å². The van der Waals surface area contributed by atoms with Crippen molar-refractivity contribution in [2.24, 2.45) is 0 Å². The Morgan fingerprint density at radius 1 is 1.00 bits per heavy atom. The molecule has 0 aromatic heterocycles. The molecule has 0 radical (unpaired) electrons. The third-order valence-electron chi connectivity index (χ3n) is 3.27. The minimum absolute atomic E-state index is 0.0964. The molecule has 2 rings (SSSR count). The maximum absolute atomic E-state index is 12.2. The number of amides is 2. The Kier molecular flexibility index (Phi) is 6.49. The molecule has 4 nitrogen and oxygen atoms in total. The third-order valence-corrected chi connectivity index (χ3v) is 4.09. The van der Waals surface area contributed by atoms with Crippen LogP contribution < -0.4 is 5.32 Å². The fourth-order valence-corrected chi connectivity index (χ4v) is 2.51. The molecular weight excluding hydrogens is 371 g/mol. The number of carbonyl (C=O) groups excluding carboxylic acids is 2. The van der Waals surface area contributed by atoms with E-state index in [4.69, 9.17) is 34.8 Å². The summed E-state index contributed by atoms with van der Waals surface area (Å²) in [5, 5.41) is 4.11. The molecule has 0 bridgehead atoms. The van der Waals surface area contributed by atoms with E-state index >= 15 is 0 Å². The maximum atomic E-state index is 12.2. The third kappa shape index (κ3) is 5.41. The van der Waals surface area contributed by atoms with E-state index in [0.29, 0.717) is 27.3 Å². The minimum atomic E-state index is -0.358. The van der Waals surface area contributed by atoms with Gasteiger partial charge < -0.3 is 10.2 Å². The number of rotatable bonds is 5. The Morgan fingerprint density at radius 2 is 1.62 bits per heavy atom. The minimum Gasteiger partial charge on any atom is -0.329 e. The molecule has 0 aliphatic heterocycles. The van der Waals surface area contributed by atoms with Gasteiger partial charge in [0.15, 0.2) is 0 Å². The predicted molar refractivity (Wildman–Crippen MR) is 97.6 cm³/mol. The van der Waals surface area contributed by atoms with Gasteiger partial charge in [0.1, 0.15) is 6.54 Å². The number of nitrogens with zero attached hydrogens (tertiary/aromatic N) is 1. The van der Waals surface area contributed by atoms with Crippen LogP contribution >= 0.6 is 34.8 Å². The molecule has 2 aromatic rings. The van der Waals surface area contributed by atoms with Gasteiger partial charge in [0.25, 0.3) is 0 Å². The van der Waals surface area contributed by atoms with Gasteiger partial charge in [-0.15, -0.1) is 0 Å². The van der Waals surface area contributed by atoms with Gasteiger partial charge in [0.05, 0.1) is 10.7 Å². The quantitative estimate of drug-likeness (QED) is 0.815. The molecule has 0 fully saturated rings. The Hall–Kier alpha value is -1.75. The molecular formula is C17H15Cl3N2O2. The zero-order valence-corrected chi connectivity index (χ0v) is 15.1. The molecule has 24 heavy (non-hydrogen) atoms. The zero-order valence-electron chi connectivity index (χ0n) is 12.9. The van der Waals surface area contributed by atoms with Gasteiger partial charge in [0, 0.05) is 23.5 Å². The summed E-state index contributed by atoms with van der Waals surface area (Å²) in [5.74, 6) is -0.569. The predicted octanol–water partition coefficient (Wildman–Crippen LogP) is 4.63. The van der Waals surface area contributed by atoms with E-state index in [0.717, 1.165) is 5.56 Å².